The number of ether oxygens (including phenoxy) is 4. The third-order valence-corrected chi connectivity index (χ3v) is 16.8. The zero-order valence-electron chi connectivity index (χ0n) is 49.9. The second-order valence-corrected chi connectivity index (χ2v) is 26.5. The average molecular weight is 1210 g/mol. The lowest BCUT2D eigenvalue weighted by Gasteiger charge is -2.43. The number of carbonyl (C=O) groups is 4. The minimum atomic E-state index is -2.04. The van der Waals surface area contributed by atoms with Crippen LogP contribution in [0, 0.1) is 47.3 Å². The molecule has 0 bridgehead atoms. The summed E-state index contributed by atoms with van der Waals surface area (Å²) in [5.41, 5.74) is 0. The Labute approximate surface area is 491 Å². The van der Waals surface area contributed by atoms with Crippen molar-refractivity contribution in [3.05, 3.63) is 0 Å². The van der Waals surface area contributed by atoms with Gasteiger partial charge in [-0.3, -0.25) is 19.2 Å². The number of hydrogen-bond donors (Lipinski definition) is 16. The summed E-state index contributed by atoms with van der Waals surface area (Å²) >= 11 is 0. The molecule has 28 heteroatoms. The molecular formula is C56H100N4O24. The van der Waals surface area contributed by atoms with Gasteiger partial charge < -0.3 is 120 Å². The summed E-state index contributed by atoms with van der Waals surface area (Å²) in [5.74, 6) is -5.64. The first-order valence-corrected chi connectivity index (χ1v) is 29.6. The van der Waals surface area contributed by atoms with Gasteiger partial charge in [-0.05, 0) is 73.0 Å². The van der Waals surface area contributed by atoms with E-state index in [1.165, 1.54) is 19.6 Å². The van der Waals surface area contributed by atoms with E-state index in [-0.39, 0.29) is 93.3 Å². The molecule has 0 aromatic carbocycles. The number of amides is 4. The van der Waals surface area contributed by atoms with E-state index >= 15 is 0 Å². The van der Waals surface area contributed by atoms with Crippen LogP contribution in [0.25, 0.3) is 0 Å². The maximum absolute atomic E-state index is 12.0. The lowest BCUT2D eigenvalue weighted by molar-refractivity contribution is -0.323. The summed E-state index contributed by atoms with van der Waals surface area (Å²) in [6, 6.07) is 0. The number of hydrogen-bond acceptors (Lipinski definition) is 24. The van der Waals surface area contributed by atoms with Crippen molar-refractivity contribution in [3.8, 4) is 0 Å². The maximum atomic E-state index is 12.0. The number of aliphatic hydroxyl groups is 16. The zero-order valence-corrected chi connectivity index (χ0v) is 49.9. The molecule has 0 aromatic heterocycles. The smallest absolute Gasteiger partial charge is 0.223 e. The summed E-state index contributed by atoms with van der Waals surface area (Å²) in [5, 5.41) is 157. The molecular weight excluding hydrogens is 1110 g/mol. The summed E-state index contributed by atoms with van der Waals surface area (Å²) in [6.07, 6.45) is -11.8. The molecule has 16 N–H and O–H groups in total. The van der Waals surface area contributed by atoms with Gasteiger partial charge in [-0.15, -0.1) is 0 Å². The lowest BCUT2D eigenvalue weighted by Crippen LogP contribution is -2.64. The van der Waals surface area contributed by atoms with Gasteiger partial charge in [0.25, 0.3) is 0 Å². The van der Waals surface area contributed by atoms with Crippen LogP contribution in [0.4, 0.5) is 0 Å². The Morgan fingerprint density at radius 1 is 0.393 bits per heavy atom. The van der Waals surface area contributed by atoms with Crippen LogP contribution in [0.3, 0.4) is 0 Å². The number of nitrogens with zero attached hydrogens (tertiary/aromatic N) is 4. The van der Waals surface area contributed by atoms with Crippen molar-refractivity contribution in [2.45, 2.75) is 203 Å². The van der Waals surface area contributed by atoms with Gasteiger partial charge in [0.05, 0.1) is 52.6 Å². The summed E-state index contributed by atoms with van der Waals surface area (Å²) in [6.45, 7) is 16.6. The highest BCUT2D eigenvalue weighted by Crippen LogP contribution is 2.36. The second-order valence-electron chi connectivity index (χ2n) is 26.5. The molecule has 28 nitrogen and oxygen atoms in total. The Kier molecular flexibility index (Phi) is 25.7. The fraction of sp³-hybridized carbons (Fsp3) is 0.929. The van der Waals surface area contributed by atoms with Crippen LogP contribution in [0.2, 0.25) is 0 Å². The van der Waals surface area contributed by atoms with Crippen LogP contribution < -0.4 is 0 Å². The van der Waals surface area contributed by atoms with Crippen molar-refractivity contribution in [2.24, 2.45) is 47.3 Å². The monoisotopic (exact) mass is 1210 g/mol. The van der Waals surface area contributed by atoms with Crippen molar-refractivity contribution < 1.29 is 120 Å². The Balaban J connectivity index is 0.000000205. The van der Waals surface area contributed by atoms with Gasteiger partial charge in [-0.2, -0.15) is 0 Å². The molecule has 8 aliphatic heterocycles. The van der Waals surface area contributed by atoms with E-state index in [1.54, 1.807) is 0 Å². The molecule has 0 aliphatic carbocycles. The fourth-order valence-electron chi connectivity index (χ4n) is 12.7. The van der Waals surface area contributed by atoms with Crippen molar-refractivity contribution in [1.82, 2.24) is 19.6 Å². The molecule has 8 aliphatic rings. The maximum Gasteiger partial charge on any atom is 0.223 e. The molecule has 0 spiro atoms. The van der Waals surface area contributed by atoms with E-state index in [4.69, 9.17) is 24.1 Å². The Morgan fingerprint density at radius 3 is 0.833 bits per heavy atom. The molecule has 8 saturated heterocycles. The SMILES string of the molecule is CC(C)CC1CC(=O)N(C[C@@]2(O)OC[C@@H](O)[C@@H](O)[C@@H]2O)C1.CC(C)C[C@@H]1CC(=O)N(C[C@@]2(O)OC(CO)C(O)C2O)C1.CC(C)C[C@@H]1CC(=O)N(C[C@@]2(O)OC[C@@H](O)[C@H](O)[C@@H]2O)C1.CC(C)C[C@@H]1CC(=O)N(C[C@]2(O)OC[C@@H](O)[C@H](O)[C@@H]2O)C1. The third kappa shape index (κ3) is 18.4. The van der Waals surface area contributed by atoms with Crippen LogP contribution in [-0.4, -0.2) is 300 Å². The minimum absolute atomic E-state index is 0.0909. The highest BCUT2D eigenvalue weighted by atomic mass is 16.7. The number of likely N-dealkylation sites (tertiary alicyclic amines) is 4. The number of β-amino-alcohol motifs (C(OH)–C–C–N with tert-alkyl or cyclic N) is 4. The molecule has 84 heavy (non-hydrogen) atoms. The molecule has 8 rings (SSSR count). The normalized spacial score (nSPS) is 41.0. The topological polar surface area (TPSA) is 442 Å². The van der Waals surface area contributed by atoms with Crippen LogP contribution in [0.1, 0.15) is 107 Å². The van der Waals surface area contributed by atoms with Gasteiger partial charge in [0.1, 0.15) is 73.2 Å². The van der Waals surface area contributed by atoms with E-state index in [2.05, 4.69) is 55.4 Å². The predicted molar refractivity (Wildman–Crippen MR) is 292 cm³/mol. The van der Waals surface area contributed by atoms with Crippen LogP contribution in [-0.2, 0) is 38.1 Å². The summed E-state index contributed by atoms with van der Waals surface area (Å²) in [7, 11) is 0. The molecule has 8 heterocycles. The zero-order chi connectivity index (χ0) is 63.1. The van der Waals surface area contributed by atoms with E-state index in [9.17, 15) is 95.8 Å². The first-order valence-electron chi connectivity index (χ1n) is 29.6. The highest BCUT2D eigenvalue weighted by Gasteiger charge is 2.56. The summed E-state index contributed by atoms with van der Waals surface area (Å²) < 4.78 is 20.4. The molecule has 20 atom stereocenters. The van der Waals surface area contributed by atoms with Gasteiger partial charge in [-0.25, -0.2) is 0 Å². The van der Waals surface area contributed by atoms with Gasteiger partial charge in [-0.1, -0.05) is 55.4 Å². The van der Waals surface area contributed by atoms with Crippen molar-refractivity contribution in [3.63, 3.8) is 0 Å². The van der Waals surface area contributed by atoms with Crippen LogP contribution in [0.5, 0.6) is 0 Å². The van der Waals surface area contributed by atoms with Crippen molar-refractivity contribution >= 4 is 23.6 Å². The molecule has 4 amide bonds. The van der Waals surface area contributed by atoms with Crippen molar-refractivity contribution in [1.29, 1.82) is 0 Å². The van der Waals surface area contributed by atoms with Crippen LogP contribution in [0.15, 0.2) is 0 Å². The minimum Gasteiger partial charge on any atom is -0.394 e. The molecule has 8 fully saturated rings. The first kappa shape index (κ1) is 71.8. The second kappa shape index (κ2) is 30.1. The molecule has 0 saturated carbocycles. The van der Waals surface area contributed by atoms with E-state index in [0.29, 0.717) is 75.5 Å². The Hall–Kier alpha value is -2.92. The number of carbonyl (C=O) groups excluding carboxylic acids is 4. The van der Waals surface area contributed by atoms with Gasteiger partial charge in [0.15, 0.2) is 0 Å². The fourth-order valence-corrected chi connectivity index (χ4v) is 12.7. The van der Waals surface area contributed by atoms with Crippen LogP contribution >= 0.6 is 0 Å². The molecule has 0 radical (unpaired) electrons. The standard InChI is InChI=1S/4C14H25NO6/c3*1-8(2)3-9-4-11(17)15(5-9)7-14(20)13(19)12(18)10(16)6-21-14;1-8(2)3-9-4-11(17)15(5-9)7-14(20)13(19)12(18)10(6-16)21-14/h4*8-10,12-13,16,18-20H,3-7H2,1-2H3/t9?,10-,12-,13+,14-;9-,10-,12+,13+,14+;9-,10-,12+,13+,14-;9-,10?,12?,13?,14-/m1111/s1. The summed E-state index contributed by atoms with van der Waals surface area (Å²) in [4.78, 5) is 53.8. The molecule has 0 aromatic rings. The predicted octanol–water partition coefficient (Wildman–Crippen LogP) is -5.27. The number of aliphatic hydroxyl groups excluding tert-OH is 12. The Bertz CT molecular complexity index is 1900. The van der Waals surface area contributed by atoms with E-state index in [1.807, 2.05) is 0 Å². The lowest BCUT2D eigenvalue weighted by atomic mass is 9.96. The van der Waals surface area contributed by atoms with E-state index < -0.39 is 103 Å². The van der Waals surface area contributed by atoms with Gasteiger partial charge >= 0.3 is 0 Å². The number of rotatable bonds is 17. The molecule has 488 valence electrons. The van der Waals surface area contributed by atoms with Crippen molar-refractivity contribution in [2.75, 3.05) is 78.8 Å². The van der Waals surface area contributed by atoms with Gasteiger partial charge in [0, 0.05) is 51.9 Å². The average Bonchev–Trinajstić information content (AvgIpc) is 2.47. The van der Waals surface area contributed by atoms with E-state index in [0.717, 1.165) is 25.7 Å². The van der Waals surface area contributed by atoms with Gasteiger partial charge in [0.2, 0.25) is 46.8 Å². The third-order valence-electron chi connectivity index (χ3n) is 16.8. The molecule has 4 unspecified atom stereocenters. The first-order chi connectivity index (χ1) is 38.9. The largest absolute Gasteiger partial charge is 0.394 e. The highest BCUT2D eigenvalue weighted by molar-refractivity contribution is 5.80. The quantitative estimate of drug-likeness (QED) is 0.0647. The Morgan fingerprint density at radius 2 is 0.619 bits per heavy atom.